The van der Waals surface area contributed by atoms with Gasteiger partial charge in [-0.2, -0.15) is 0 Å². The number of nitrogens with two attached hydrogens (primary N) is 1. The molecule has 0 amide bonds. The van der Waals surface area contributed by atoms with E-state index in [0.717, 1.165) is 14.6 Å². The van der Waals surface area contributed by atoms with Crippen LogP contribution in [-0.4, -0.2) is 5.84 Å². The highest BCUT2D eigenvalue weighted by atomic mass is 79.9. The third kappa shape index (κ3) is 3.31. The van der Waals surface area contributed by atoms with E-state index in [4.69, 9.17) is 5.73 Å². The zero-order valence-electron chi connectivity index (χ0n) is 9.01. The van der Waals surface area contributed by atoms with Crippen LogP contribution in [0.2, 0.25) is 0 Å². The second-order valence-corrected chi connectivity index (χ2v) is 6.03. The molecule has 0 aliphatic rings. The van der Waals surface area contributed by atoms with Gasteiger partial charge in [0.1, 0.15) is 5.84 Å². The highest BCUT2D eigenvalue weighted by Crippen LogP contribution is 2.34. The molecule has 0 fully saturated rings. The Morgan fingerprint density at radius 3 is 2.07 bits per heavy atom. The van der Waals surface area contributed by atoms with Crippen LogP contribution in [-0.2, 0) is 0 Å². The number of halogens is 2. The first-order valence-electron chi connectivity index (χ1n) is 4.61. The monoisotopic (exact) mass is 332 g/mol. The standard InChI is InChI=1S/C11H14Br2N2/c1-11(2,3)10(14)15-9-7(12)5-4-6-8(9)13/h4-6H,1-3H3,(H2,14,15). The lowest BCUT2D eigenvalue weighted by Crippen LogP contribution is -2.28. The largest absolute Gasteiger partial charge is 0.387 e. The summed E-state index contributed by atoms with van der Waals surface area (Å²) in [6, 6.07) is 5.83. The number of hydrogen-bond acceptors (Lipinski definition) is 1. The van der Waals surface area contributed by atoms with Gasteiger partial charge in [0.25, 0.3) is 0 Å². The molecule has 0 saturated carbocycles. The van der Waals surface area contributed by atoms with E-state index in [1.165, 1.54) is 0 Å². The molecule has 0 atom stereocenters. The molecule has 0 aromatic heterocycles. The Labute approximate surface area is 107 Å². The molecule has 2 N–H and O–H groups in total. The molecule has 1 aromatic rings. The van der Waals surface area contributed by atoms with Gasteiger partial charge in [-0.15, -0.1) is 0 Å². The average Bonchev–Trinajstić information content (AvgIpc) is 2.09. The predicted molar refractivity (Wildman–Crippen MR) is 72.6 cm³/mol. The van der Waals surface area contributed by atoms with E-state index < -0.39 is 0 Å². The van der Waals surface area contributed by atoms with E-state index in [0.29, 0.717) is 5.84 Å². The van der Waals surface area contributed by atoms with Crippen LogP contribution in [0.1, 0.15) is 20.8 Å². The minimum atomic E-state index is -0.116. The number of aliphatic imine (C=N–C) groups is 1. The van der Waals surface area contributed by atoms with Gasteiger partial charge in [-0.25, -0.2) is 4.99 Å². The van der Waals surface area contributed by atoms with E-state index in [9.17, 15) is 0 Å². The predicted octanol–water partition coefficient (Wildman–Crippen LogP) is 4.25. The van der Waals surface area contributed by atoms with Gasteiger partial charge in [0.2, 0.25) is 0 Å². The maximum absolute atomic E-state index is 5.93. The summed E-state index contributed by atoms with van der Waals surface area (Å²) in [6.07, 6.45) is 0. The first-order valence-corrected chi connectivity index (χ1v) is 6.19. The molecule has 0 saturated heterocycles. The number of nitrogens with zero attached hydrogens (tertiary/aromatic N) is 1. The maximum atomic E-state index is 5.93. The minimum Gasteiger partial charge on any atom is -0.387 e. The Kier molecular flexibility index (Phi) is 3.95. The van der Waals surface area contributed by atoms with Gasteiger partial charge in [0.05, 0.1) is 5.69 Å². The average molecular weight is 334 g/mol. The Hall–Kier alpha value is -0.350. The van der Waals surface area contributed by atoms with Crippen molar-refractivity contribution in [3.05, 3.63) is 27.1 Å². The van der Waals surface area contributed by atoms with Crippen LogP contribution < -0.4 is 5.73 Å². The lowest BCUT2D eigenvalue weighted by molar-refractivity contribution is 0.585. The van der Waals surface area contributed by atoms with Crippen LogP contribution in [0.15, 0.2) is 32.1 Å². The van der Waals surface area contributed by atoms with Crippen molar-refractivity contribution in [1.29, 1.82) is 0 Å². The molecule has 82 valence electrons. The number of para-hydroxylation sites is 1. The number of benzene rings is 1. The molecule has 4 heteroatoms. The van der Waals surface area contributed by atoms with E-state index in [-0.39, 0.29) is 5.41 Å². The van der Waals surface area contributed by atoms with E-state index in [1.807, 2.05) is 39.0 Å². The fourth-order valence-electron chi connectivity index (χ4n) is 0.884. The van der Waals surface area contributed by atoms with E-state index in [1.54, 1.807) is 0 Å². The molecule has 1 rings (SSSR count). The molecule has 0 unspecified atom stereocenters. The smallest absolute Gasteiger partial charge is 0.105 e. The topological polar surface area (TPSA) is 38.4 Å². The quantitative estimate of drug-likeness (QED) is 0.605. The van der Waals surface area contributed by atoms with Gasteiger partial charge in [-0.3, -0.25) is 0 Å². The molecule has 2 nitrogen and oxygen atoms in total. The summed E-state index contributed by atoms with van der Waals surface area (Å²) in [5.74, 6) is 0.620. The summed E-state index contributed by atoms with van der Waals surface area (Å²) in [4.78, 5) is 4.43. The van der Waals surface area contributed by atoms with Crippen LogP contribution >= 0.6 is 31.9 Å². The Morgan fingerprint density at radius 1 is 1.20 bits per heavy atom. The van der Waals surface area contributed by atoms with Crippen LogP contribution in [0, 0.1) is 5.41 Å². The van der Waals surface area contributed by atoms with E-state index >= 15 is 0 Å². The minimum absolute atomic E-state index is 0.116. The Balaban J connectivity index is 3.19. The number of rotatable bonds is 1. The molecule has 0 aliphatic carbocycles. The summed E-state index contributed by atoms with van der Waals surface area (Å²) in [7, 11) is 0. The van der Waals surface area contributed by atoms with Crippen molar-refractivity contribution in [1.82, 2.24) is 0 Å². The summed E-state index contributed by atoms with van der Waals surface area (Å²) < 4.78 is 1.87. The first kappa shape index (κ1) is 12.7. The van der Waals surface area contributed by atoms with Crippen LogP contribution in [0.4, 0.5) is 5.69 Å². The molecule has 15 heavy (non-hydrogen) atoms. The normalized spacial score (nSPS) is 13.0. The summed E-state index contributed by atoms with van der Waals surface area (Å²) in [5.41, 5.74) is 6.65. The van der Waals surface area contributed by atoms with Crippen molar-refractivity contribution in [3.63, 3.8) is 0 Å². The number of hydrogen-bond donors (Lipinski definition) is 1. The first-order chi connectivity index (χ1) is 6.82. The van der Waals surface area contributed by atoms with Gasteiger partial charge in [-0.05, 0) is 44.0 Å². The lowest BCUT2D eigenvalue weighted by Gasteiger charge is -2.17. The third-order valence-corrected chi connectivity index (χ3v) is 3.22. The van der Waals surface area contributed by atoms with Gasteiger partial charge >= 0.3 is 0 Å². The molecule has 0 aliphatic heterocycles. The fraction of sp³-hybridized carbons (Fsp3) is 0.364. The zero-order chi connectivity index (χ0) is 11.6. The Morgan fingerprint density at radius 2 is 1.67 bits per heavy atom. The van der Waals surface area contributed by atoms with Crippen molar-refractivity contribution in [3.8, 4) is 0 Å². The van der Waals surface area contributed by atoms with Crippen molar-refractivity contribution in [2.75, 3.05) is 0 Å². The van der Waals surface area contributed by atoms with Crippen LogP contribution in [0.3, 0.4) is 0 Å². The third-order valence-electron chi connectivity index (χ3n) is 1.94. The van der Waals surface area contributed by atoms with Crippen molar-refractivity contribution in [2.45, 2.75) is 20.8 Å². The highest BCUT2D eigenvalue weighted by Gasteiger charge is 2.16. The molecular weight excluding hydrogens is 320 g/mol. The summed E-state index contributed by atoms with van der Waals surface area (Å²) in [6.45, 7) is 6.11. The van der Waals surface area contributed by atoms with Crippen LogP contribution in [0.25, 0.3) is 0 Å². The summed E-state index contributed by atoms with van der Waals surface area (Å²) in [5, 5.41) is 0. The van der Waals surface area contributed by atoms with Gasteiger partial charge in [0, 0.05) is 14.4 Å². The highest BCUT2D eigenvalue weighted by molar-refractivity contribution is 9.11. The molecule has 0 heterocycles. The van der Waals surface area contributed by atoms with Crippen molar-refractivity contribution in [2.24, 2.45) is 16.1 Å². The SMILES string of the molecule is CC(C)(C)C(N)=Nc1c(Br)cccc1Br. The second kappa shape index (κ2) is 4.66. The van der Waals surface area contributed by atoms with Crippen molar-refractivity contribution >= 4 is 43.4 Å². The van der Waals surface area contributed by atoms with Gasteiger partial charge in [0.15, 0.2) is 0 Å². The molecular formula is C11H14Br2N2. The lowest BCUT2D eigenvalue weighted by atomic mass is 9.95. The van der Waals surface area contributed by atoms with E-state index in [2.05, 4.69) is 36.9 Å². The van der Waals surface area contributed by atoms with Gasteiger partial charge in [-0.1, -0.05) is 26.8 Å². The van der Waals surface area contributed by atoms with Crippen LogP contribution in [0.5, 0.6) is 0 Å². The fourth-order valence-corrected chi connectivity index (χ4v) is 2.06. The Bertz CT molecular complexity index is 372. The van der Waals surface area contributed by atoms with Gasteiger partial charge < -0.3 is 5.73 Å². The second-order valence-electron chi connectivity index (χ2n) is 4.32. The molecule has 1 aromatic carbocycles. The molecule has 0 bridgehead atoms. The van der Waals surface area contributed by atoms with Crippen molar-refractivity contribution < 1.29 is 0 Å². The number of amidine groups is 1. The molecule has 0 spiro atoms. The zero-order valence-corrected chi connectivity index (χ0v) is 12.2. The summed E-state index contributed by atoms with van der Waals surface area (Å²) >= 11 is 6.90. The molecule has 0 radical (unpaired) electrons. The maximum Gasteiger partial charge on any atom is 0.105 e.